The van der Waals surface area contributed by atoms with E-state index in [9.17, 15) is 19.2 Å². The molecule has 6 rings (SSSR count). The molecule has 0 spiro atoms. The standard InChI is InChI=1S/C31H30N8O6S/c1-16-9-22(28(41)34-13-20-10-19-12-32-24(11-23(19)46-20)37-30(43)45-31(2,3)4)39-26(16)33-14-21(29(39)42)36-27(40)18-7-5-17(6-8-18)25-35-15-44-38-25/h5-8,10-12,14-16,22H,9,13H2,1-4H3,(H,34,41)(H,36,40)(H,32,37,43)/t16-,22+/m1/s1. The van der Waals surface area contributed by atoms with Crippen molar-refractivity contribution >= 4 is 50.8 Å². The van der Waals surface area contributed by atoms with Crippen LogP contribution in [0.5, 0.6) is 0 Å². The summed E-state index contributed by atoms with van der Waals surface area (Å²) in [5.74, 6) is 0.236. The number of hydrogen-bond acceptors (Lipinski definition) is 11. The van der Waals surface area contributed by atoms with Gasteiger partial charge in [0.25, 0.3) is 11.5 Å². The van der Waals surface area contributed by atoms with E-state index >= 15 is 0 Å². The summed E-state index contributed by atoms with van der Waals surface area (Å²) in [6.07, 6.45) is 3.97. The average Bonchev–Trinajstić information content (AvgIpc) is 3.76. The molecule has 3 N–H and O–H groups in total. The number of ether oxygens (including phenoxy) is 1. The highest BCUT2D eigenvalue weighted by molar-refractivity contribution is 7.19. The van der Waals surface area contributed by atoms with Crippen LogP contribution in [-0.2, 0) is 16.1 Å². The van der Waals surface area contributed by atoms with E-state index in [1.54, 1.807) is 57.3 Å². The maximum atomic E-state index is 13.5. The zero-order valence-electron chi connectivity index (χ0n) is 25.4. The van der Waals surface area contributed by atoms with Gasteiger partial charge in [0.05, 0.1) is 12.7 Å². The summed E-state index contributed by atoms with van der Waals surface area (Å²) in [6.45, 7) is 7.46. The number of rotatable bonds is 7. The molecule has 2 atom stereocenters. The van der Waals surface area contributed by atoms with Crippen LogP contribution in [0.4, 0.5) is 16.3 Å². The Morgan fingerprint density at radius 1 is 1.07 bits per heavy atom. The molecule has 0 radical (unpaired) electrons. The lowest BCUT2D eigenvalue weighted by Crippen LogP contribution is -2.36. The van der Waals surface area contributed by atoms with Gasteiger partial charge in [0.2, 0.25) is 18.1 Å². The highest BCUT2D eigenvalue weighted by Gasteiger charge is 2.36. The van der Waals surface area contributed by atoms with Crippen molar-refractivity contribution in [3.05, 3.63) is 81.8 Å². The third-order valence-corrected chi connectivity index (χ3v) is 8.28. The van der Waals surface area contributed by atoms with Gasteiger partial charge in [-0.05, 0) is 51.5 Å². The normalized spacial score (nSPS) is 15.7. The minimum atomic E-state index is -0.795. The van der Waals surface area contributed by atoms with Gasteiger partial charge < -0.3 is 19.9 Å². The van der Waals surface area contributed by atoms with Crippen molar-refractivity contribution in [3.8, 4) is 11.4 Å². The second-order valence-electron chi connectivity index (χ2n) is 11.8. The van der Waals surface area contributed by atoms with E-state index in [0.717, 1.165) is 15.0 Å². The van der Waals surface area contributed by atoms with E-state index < -0.39 is 29.2 Å². The SMILES string of the molecule is C[C@@H]1C[C@@H](C(=O)NCc2cc3cnc(NC(=O)OC(C)(C)C)cc3s2)n2c1ncc(NC(=O)c1ccc(-c3ncon3)cc1)c2=O. The fraction of sp³-hybridized carbons (Fsp3) is 0.290. The van der Waals surface area contributed by atoms with Crippen molar-refractivity contribution in [3.63, 3.8) is 0 Å². The molecule has 3 amide bonds. The summed E-state index contributed by atoms with van der Waals surface area (Å²) >= 11 is 1.45. The van der Waals surface area contributed by atoms with Crippen LogP contribution >= 0.6 is 11.3 Å². The number of carbonyl (C=O) groups excluding carboxylic acids is 3. The summed E-state index contributed by atoms with van der Waals surface area (Å²) in [5.41, 5.74) is -0.201. The molecule has 5 aromatic rings. The Morgan fingerprint density at radius 2 is 1.85 bits per heavy atom. The van der Waals surface area contributed by atoms with Crippen molar-refractivity contribution in [2.45, 2.75) is 58.2 Å². The molecule has 1 aliphatic heterocycles. The van der Waals surface area contributed by atoms with Gasteiger partial charge in [-0.2, -0.15) is 4.98 Å². The minimum absolute atomic E-state index is 0.0318. The van der Waals surface area contributed by atoms with E-state index in [0.29, 0.717) is 35.0 Å². The minimum Gasteiger partial charge on any atom is -0.444 e. The van der Waals surface area contributed by atoms with Crippen LogP contribution in [0.1, 0.15) is 67.1 Å². The molecule has 0 fully saturated rings. The largest absolute Gasteiger partial charge is 0.444 e. The smallest absolute Gasteiger partial charge is 0.413 e. The van der Waals surface area contributed by atoms with Crippen LogP contribution in [0, 0.1) is 0 Å². The molecule has 0 aliphatic carbocycles. The monoisotopic (exact) mass is 642 g/mol. The molecular formula is C31H30N8O6S. The van der Waals surface area contributed by atoms with Crippen LogP contribution < -0.4 is 21.5 Å². The Kier molecular flexibility index (Phi) is 8.08. The second kappa shape index (κ2) is 12.2. The second-order valence-corrected chi connectivity index (χ2v) is 13.0. The van der Waals surface area contributed by atoms with E-state index in [-0.39, 0.29) is 24.1 Å². The third kappa shape index (κ3) is 6.49. The topological polar surface area (TPSA) is 183 Å². The molecule has 0 saturated carbocycles. The van der Waals surface area contributed by atoms with Crippen LogP contribution in [0.3, 0.4) is 0 Å². The number of anilines is 2. The molecule has 4 aromatic heterocycles. The molecule has 0 saturated heterocycles. The summed E-state index contributed by atoms with van der Waals surface area (Å²) in [5, 5.41) is 12.8. The number of benzene rings is 1. The number of pyridine rings is 1. The Morgan fingerprint density at radius 3 is 2.57 bits per heavy atom. The van der Waals surface area contributed by atoms with Gasteiger partial charge in [0, 0.05) is 38.2 Å². The molecule has 5 heterocycles. The van der Waals surface area contributed by atoms with Crippen LogP contribution in [0.25, 0.3) is 21.5 Å². The van der Waals surface area contributed by atoms with Crippen LogP contribution in [-0.4, -0.2) is 48.2 Å². The fourth-order valence-electron chi connectivity index (χ4n) is 5.11. The Bertz CT molecular complexity index is 2000. The lowest BCUT2D eigenvalue weighted by atomic mass is 10.1. The number of hydrogen-bond donors (Lipinski definition) is 3. The third-order valence-electron chi connectivity index (χ3n) is 7.19. The lowest BCUT2D eigenvalue weighted by Gasteiger charge is -2.19. The first-order valence-corrected chi connectivity index (χ1v) is 15.2. The van der Waals surface area contributed by atoms with Crippen molar-refractivity contribution in [1.29, 1.82) is 0 Å². The number of nitrogens with one attached hydrogen (secondary N) is 3. The highest BCUT2D eigenvalue weighted by Crippen LogP contribution is 2.34. The molecular weight excluding hydrogens is 612 g/mol. The first-order valence-electron chi connectivity index (χ1n) is 14.4. The number of carbonyl (C=O) groups is 3. The number of fused-ring (bicyclic) bond motifs is 2. The molecule has 15 heteroatoms. The average molecular weight is 643 g/mol. The highest BCUT2D eigenvalue weighted by atomic mass is 32.1. The molecule has 46 heavy (non-hydrogen) atoms. The van der Waals surface area contributed by atoms with Crippen LogP contribution in [0.2, 0.25) is 0 Å². The van der Waals surface area contributed by atoms with Crippen molar-refractivity contribution in [2.24, 2.45) is 0 Å². The van der Waals surface area contributed by atoms with Crippen LogP contribution in [0.15, 0.2) is 64.5 Å². The summed E-state index contributed by atoms with van der Waals surface area (Å²) in [6, 6.07) is 9.36. The molecule has 1 aliphatic rings. The number of amides is 3. The maximum absolute atomic E-state index is 13.5. The van der Waals surface area contributed by atoms with E-state index in [1.165, 1.54) is 28.5 Å². The molecule has 0 unspecified atom stereocenters. The summed E-state index contributed by atoms with van der Waals surface area (Å²) < 4.78 is 12.3. The van der Waals surface area contributed by atoms with Gasteiger partial charge in [-0.1, -0.05) is 24.2 Å². The molecule has 0 bridgehead atoms. The number of thiophene rings is 1. The first kappa shape index (κ1) is 30.6. The summed E-state index contributed by atoms with van der Waals surface area (Å²) in [7, 11) is 0. The van der Waals surface area contributed by atoms with Crippen molar-refractivity contribution in [1.82, 2.24) is 30.0 Å². The van der Waals surface area contributed by atoms with Gasteiger partial charge in [-0.3, -0.25) is 24.3 Å². The van der Waals surface area contributed by atoms with Gasteiger partial charge >= 0.3 is 6.09 Å². The summed E-state index contributed by atoms with van der Waals surface area (Å²) in [4.78, 5) is 65.6. The Hall–Kier alpha value is -5.44. The van der Waals surface area contributed by atoms with Gasteiger partial charge in [-0.15, -0.1) is 11.3 Å². The first-order chi connectivity index (χ1) is 21.9. The number of nitrogens with zero attached hydrogens (tertiary/aromatic N) is 5. The Labute approximate surface area is 266 Å². The Balaban J connectivity index is 1.13. The van der Waals surface area contributed by atoms with Gasteiger partial charge in [0.1, 0.15) is 29.0 Å². The van der Waals surface area contributed by atoms with E-state index in [4.69, 9.17) is 9.26 Å². The van der Waals surface area contributed by atoms with E-state index in [2.05, 4.69) is 36.1 Å². The zero-order valence-corrected chi connectivity index (χ0v) is 26.2. The lowest BCUT2D eigenvalue weighted by molar-refractivity contribution is -0.124. The molecule has 1 aromatic carbocycles. The van der Waals surface area contributed by atoms with Gasteiger partial charge in [-0.25, -0.2) is 14.8 Å². The van der Waals surface area contributed by atoms with Gasteiger partial charge in [0.15, 0.2) is 0 Å². The fourth-order valence-corrected chi connectivity index (χ4v) is 6.12. The van der Waals surface area contributed by atoms with Crippen molar-refractivity contribution < 1.29 is 23.6 Å². The van der Waals surface area contributed by atoms with E-state index in [1.807, 2.05) is 13.0 Å². The maximum Gasteiger partial charge on any atom is 0.413 e. The molecule has 236 valence electrons. The molecule has 14 nitrogen and oxygen atoms in total. The zero-order chi connectivity index (χ0) is 32.6. The quantitative estimate of drug-likeness (QED) is 0.221. The predicted octanol–water partition coefficient (Wildman–Crippen LogP) is 4.87. The van der Waals surface area contributed by atoms with Crippen molar-refractivity contribution in [2.75, 3.05) is 10.6 Å². The number of aromatic nitrogens is 5. The predicted molar refractivity (Wildman–Crippen MR) is 170 cm³/mol.